The molecule has 1 heterocycles. The number of fused-ring (bicyclic) bond motifs is 1. The van der Waals surface area contributed by atoms with E-state index in [1.54, 1.807) is 0 Å². The molecule has 16 heavy (non-hydrogen) atoms. The van der Waals surface area contributed by atoms with E-state index in [0.29, 0.717) is 6.61 Å². The summed E-state index contributed by atoms with van der Waals surface area (Å²) in [6, 6.07) is 5.78. The maximum absolute atomic E-state index is 9.03. The zero-order valence-corrected chi connectivity index (χ0v) is 9.39. The van der Waals surface area contributed by atoms with E-state index in [2.05, 4.69) is 5.10 Å². The maximum Gasteiger partial charge on any atom is 0.0923 e. The third-order valence-electron chi connectivity index (χ3n) is 2.47. The molecular weight excluding hydrogens is 204 g/mol. The SMILES string of the molecule is CCOCCn1cc2cc(CO)ccc2n1. The topological polar surface area (TPSA) is 47.3 Å². The molecule has 0 spiro atoms. The Morgan fingerprint density at radius 2 is 2.31 bits per heavy atom. The molecule has 4 nitrogen and oxygen atoms in total. The van der Waals surface area contributed by atoms with E-state index in [9.17, 15) is 0 Å². The highest BCUT2D eigenvalue weighted by Gasteiger charge is 2.01. The Balaban J connectivity index is 2.16. The van der Waals surface area contributed by atoms with E-state index < -0.39 is 0 Å². The van der Waals surface area contributed by atoms with Crippen LogP contribution in [0.4, 0.5) is 0 Å². The van der Waals surface area contributed by atoms with Gasteiger partial charge in [0.25, 0.3) is 0 Å². The standard InChI is InChI=1S/C12H16N2O2/c1-2-16-6-5-14-8-11-7-10(9-15)3-4-12(11)13-14/h3-4,7-8,15H,2,5-6,9H2,1H3. The van der Waals surface area contributed by atoms with E-state index >= 15 is 0 Å². The molecule has 86 valence electrons. The zero-order valence-electron chi connectivity index (χ0n) is 9.39. The Morgan fingerprint density at radius 1 is 1.44 bits per heavy atom. The van der Waals surface area contributed by atoms with Crippen LogP contribution in [0.1, 0.15) is 12.5 Å². The molecule has 0 atom stereocenters. The zero-order chi connectivity index (χ0) is 11.4. The van der Waals surface area contributed by atoms with Gasteiger partial charge >= 0.3 is 0 Å². The summed E-state index contributed by atoms with van der Waals surface area (Å²) in [5.74, 6) is 0. The highest BCUT2D eigenvalue weighted by atomic mass is 16.5. The van der Waals surface area contributed by atoms with Crippen LogP contribution < -0.4 is 0 Å². The number of ether oxygens (including phenoxy) is 1. The van der Waals surface area contributed by atoms with Gasteiger partial charge in [0.2, 0.25) is 0 Å². The van der Waals surface area contributed by atoms with Crippen LogP contribution in [0, 0.1) is 0 Å². The fourth-order valence-corrected chi connectivity index (χ4v) is 1.64. The predicted molar refractivity (Wildman–Crippen MR) is 62.1 cm³/mol. The smallest absolute Gasteiger partial charge is 0.0923 e. The lowest BCUT2D eigenvalue weighted by Crippen LogP contribution is -2.05. The fourth-order valence-electron chi connectivity index (χ4n) is 1.64. The van der Waals surface area contributed by atoms with Crippen LogP contribution in [0.15, 0.2) is 24.4 Å². The Labute approximate surface area is 94.5 Å². The van der Waals surface area contributed by atoms with Crippen LogP contribution in [0.5, 0.6) is 0 Å². The van der Waals surface area contributed by atoms with Gasteiger partial charge in [0.05, 0.1) is 25.3 Å². The quantitative estimate of drug-likeness (QED) is 0.778. The van der Waals surface area contributed by atoms with Crippen molar-refractivity contribution >= 4 is 10.9 Å². The molecule has 0 fully saturated rings. The molecule has 2 aromatic rings. The third kappa shape index (κ3) is 2.40. The largest absolute Gasteiger partial charge is 0.392 e. The van der Waals surface area contributed by atoms with E-state index in [1.807, 2.05) is 36.0 Å². The van der Waals surface area contributed by atoms with Crippen LogP contribution in [0.3, 0.4) is 0 Å². The summed E-state index contributed by atoms with van der Waals surface area (Å²) in [6.45, 7) is 4.22. The molecule has 4 heteroatoms. The molecule has 0 saturated heterocycles. The number of nitrogens with zero attached hydrogens (tertiary/aromatic N) is 2. The molecule has 0 aliphatic carbocycles. The van der Waals surface area contributed by atoms with E-state index in [0.717, 1.165) is 29.6 Å². The van der Waals surface area contributed by atoms with Crippen molar-refractivity contribution < 1.29 is 9.84 Å². The molecule has 1 aromatic carbocycles. The second kappa shape index (κ2) is 5.09. The van der Waals surface area contributed by atoms with Gasteiger partial charge in [-0.3, -0.25) is 4.68 Å². The molecule has 1 aromatic heterocycles. The Kier molecular flexibility index (Phi) is 3.54. The normalized spacial score (nSPS) is 11.1. The summed E-state index contributed by atoms with van der Waals surface area (Å²) in [5.41, 5.74) is 1.87. The molecule has 0 bridgehead atoms. The molecule has 1 N–H and O–H groups in total. The van der Waals surface area contributed by atoms with E-state index in [-0.39, 0.29) is 6.61 Å². The van der Waals surface area contributed by atoms with Crippen molar-refractivity contribution in [3.63, 3.8) is 0 Å². The van der Waals surface area contributed by atoms with Gasteiger partial charge in [-0.25, -0.2) is 0 Å². The minimum absolute atomic E-state index is 0.0695. The minimum atomic E-state index is 0.0695. The minimum Gasteiger partial charge on any atom is -0.392 e. The van der Waals surface area contributed by atoms with Crippen LogP contribution in [0.2, 0.25) is 0 Å². The summed E-state index contributed by atoms with van der Waals surface area (Å²) >= 11 is 0. The third-order valence-corrected chi connectivity index (χ3v) is 2.47. The predicted octanol–water partition coefficient (Wildman–Crippen LogP) is 1.57. The van der Waals surface area contributed by atoms with Gasteiger partial charge in [0.15, 0.2) is 0 Å². The average molecular weight is 220 g/mol. The molecule has 0 amide bonds. The van der Waals surface area contributed by atoms with Crippen LogP contribution in [0.25, 0.3) is 10.9 Å². The number of rotatable bonds is 5. The van der Waals surface area contributed by atoms with Crippen molar-refractivity contribution in [2.24, 2.45) is 0 Å². The van der Waals surface area contributed by atoms with Crippen molar-refractivity contribution in [1.82, 2.24) is 9.78 Å². The first-order valence-corrected chi connectivity index (χ1v) is 5.48. The fraction of sp³-hybridized carbons (Fsp3) is 0.417. The Bertz CT molecular complexity index is 465. The molecular formula is C12H16N2O2. The number of aliphatic hydroxyl groups is 1. The first-order chi connectivity index (χ1) is 7.83. The Morgan fingerprint density at radius 3 is 3.06 bits per heavy atom. The van der Waals surface area contributed by atoms with E-state index in [4.69, 9.17) is 9.84 Å². The summed E-state index contributed by atoms with van der Waals surface area (Å²) in [4.78, 5) is 0. The molecule has 0 saturated carbocycles. The summed E-state index contributed by atoms with van der Waals surface area (Å²) < 4.78 is 7.15. The highest BCUT2D eigenvalue weighted by Crippen LogP contribution is 2.14. The highest BCUT2D eigenvalue weighted by molar-refractivity contribution is 5.78. The van der Waals surface area contributed by atoms with Gasteiger partial charge in [-0.05, 0) is 24.6 Å². The molecule has 2 rings (SSSR count). The first-order valence-electron chi connectivity index (χ1n) is 5.48. The number of benzene rings is 1. The molecule has 0 radical (unpaired) electrons. The van der Waals surface area contributed by atoms with Gasteiger partial charge in [-0.2, -0.15) is 5.10 Å². The molecule has 0 unspecified atom stereocenters. The van der Waals surface area contributed by atoms with Gasteiger partial charge in [-0.1, -0.05) is 6.07 Å². The summed E-state index contributed by atoms with van der Waals surface area (Å²) in [5, 5.41) is 14.5. The Hall–Kier alpha value is -1.39. The summed E-state index contributed by atoms with van der Waals surface area (Å²) in [6.07, 6.45) is 1.98. The monoisotopic (exact) mass is 220 g/mol. The second-order valence-electron chi connectivity index (χ2n) is 3.64. The van der Waals surface area contributed by atoms with Crippen molar-refractivity contribution in [3.8, 4) is 0 Å². The second-order valence-corrected chi connectivity index (χ2v) is 3.64. The summed E-state index contributed by atoms with van der Waals surface area (Å²) in [7, 11) is 0. The maximum atomic E-state index is 9.03. The number of hydrogen-bond donors (Lipinski definition) is 1. The number of aliphatic hydroxyl groups excluding tert-OH is 1. The van der Waals surface area contributed by atoms with Gasteiger partial charge in [-0.15, -0.1) is 0 Å². The molecule has 0 aliphatic heterocycles. The number of aromatic nitrogens is 2. The van der Waals surface area contributed by atoms with Crippen molar-refractivity contribution in [1.29, 1.82) is 0 Å². The van der Waals surface area contributed by atoms with Crippen LogP contribution in [-0.2, 0) is 17.9 Å². The molecule has 0 aliphatic rings. The van der Waals surface area contributed by atoms with Gasteiger partial charge in [0.1, 0.15) is 0 Å². The van der Waals surface area contributed by atoms with Crippen LogP contribution in [-0.4, -0.2) is 28.1 Å². The average Bonchev–Trinajstić information content (AvgIpc) is 2.70. The van der Waals surface area contributed by atoms with Gasteiger partial charge in [0, 0.05) is 18.2 Å². The van der Waals surface area contributed by atoms with Crippen molar-refractivity contribution in [2.75, 3.05) is 13.2 Å². The van der Waals surface area contributed by atoms with Gasteiger partial charge < -0.3 is 9.84 Å². The lowest BCUT2D eigenvalue weighted by atomic mass is 10.2. The number of hydrogen-bond acceptors (Lipinski definition) is 3. The first kappa shape index (κ1) is 11.1. The van der Waals surface area contributed by atoms with Crippen molar-refractivity contribution in [2.45, 2.75) is 20.1 Å². The van der Waals surface area contributed by atoms with Crippen LogP contribution >= 0.6 is 0 Å². The van der Waals surface area contributed by atoms with Crippen molar-refractivity contribution in [3.05, 3.63) is 30.0 Å². The lowest BCUT2D eigenvalue weighted by molar-refractivity contribution is 0.136. The lowest BCUT2D eigenvalue weighted by Gasteiger charge is -2.00. The van der Waals surface area contributed by atoms with E-state index in [1.165, 1.54) is 0 Å².